The Morgan fingerprint density at radius 1 is 0.722 bits per heavy atom. The van der Waals surface area contributed by atoms with E-state index in [2.05, 4.69) is 27.4 Å². The normalized spacial score (nSPS) is 13.3. The maximum Gasteiger partial charge on any atom is 0.449 e. The summed E-state index contributed by atoms with van der Waals surface area (Å²) in [6.45, 7) is 8.81. The molecule has 36 heavy (non-hydrogen) atoms. The number of hydrogen-bond donors (Lipinski definition) is 1. The van der Waals surface area contributed by atoms with E-state index >= 15 is 0 Å². The van der Waals surface area contributed by atoms with Crippen molar-refractivity contribution < 1.29 is 78.0 Å². The van der Waals surface area contributed by atoms with Gasteiger partial charge in [-0.1, -0.05) is 13.2 Å². The van der Waals surface area contributed by atoms with Crippen molar-refractivity contribution in [2.24, 2.45) is 0 Å². The standard InChI is InChI=1S/C9H8F6O4.C5H7F3O3.C4H5ClO/c1-4(2)5(16)19-7(6(17)18-3,8(10,11)12)9(13,14)15;1-4(10,3(9)11-2)5(6,7)8;1-3(2)4(5)6/h1H2,2-3H3;10H,1-2H3;1H2,2H3. The second-order valence-corrected chi connectivity index (χ2v) is 6.80. The molecule has 1 atom stereocenters. The molecule has 0 heterocycles. The summed E-state index contributed by atoms with van der Waals surface area (Å²) in [5.41, 5.74) is -9.16. The van der Waals surface area contributed by atoms with E-state index in [9.17, 15) is 58.7 Å². The lowest BCUT2D eigenvalue weighted by molar-refractivity contribution is -0.357. The number of halogens is 10. The second kappa shape index (κ2) is 13.5. The monoisotopic (exact) mass is 570 g/mol. The topological polar surface area (TPSA) is 116 Å². The molecule has 0 saturated carbocycles. The Labute approximate surface area is 202 Å². The van der Waals surface area contributed by atoms with Crippen molar-refractivity contribution in [2.45, 2.75) is 50.5 Å². The Morgan fingerprint density at radius 2 is 1.03 bits per heavy atom. The van der Waals surface area contributed by atoms with Crippen LogP contribution in [0.2, 0.25) is 0 Å². The Hall–Kier alpha value is -2.82. The molecule has 0 aliphatic heterocycles. The van der Waals surface area contributed by atoms with Gasteiger partial charge in [0, 0.05) is 11.1 Å². The van der Waals surface area contributed by atoms with Crippen molar-refractivity contribution in [3.05, 3.63) is 24.3 Å². The number of esters is 3. The van der Waals surface area contributed by atoms with Gasteiger partial charge in [-0.2, -0.15) is 39.5 Å². The third kappa shape index (κ3) is 10.0. The van der Waals surface area contributed by atoms with Crippen LogP contribution in [-0.2, 0) is 33.4 Å². The molecule has 8 nitrogen and oxygen atoms in total. The molecule has 210 valence electrons. The molecule has 18 heteroatoms. The van der Waals surface area contributed by atoms with Crippen LogP contribution in [-0.4, -0.2) is 72.2 Å². The molecule has 0 bridgehead atoms. The first-order valence-electron chi connectivity index (χ1n) is 8.52. The van der Waals surface area contributed by atoms with Crippen LogP contribution in [0, 0.1) is 0 Å². The Kier molecular flexibility index (Phi) is 14.1. The molecule has 0 fully saturated rings. The van der Waals surface area contributed by atoms with E-state index in [0.717, 1.165) is 14.0 Å². The van der Waals surface area contributed by atoms with Crippen LogP contribution < -0.4 is 0 Å². The van der Waals surface area contributed by atoms with E-state index in [1.807, 2.05) is 0 Å². The Balaban J connectivity index is -0.000000536. The molecule has 0 radical (unpaired) electrons. The van der Waals surface area contributed by atoms with Crippen molar-refractivity contribution in [3.8, 4) is 0 Å². The van der Waals surface area contributed by atoms with E-state index in [-0.39, 0.29) is 0 Å². The third-order valence-electron chi connectivity index (χ3n) is 3.34. The second-order valence-electron chi connectivity index (χ2n) is 6.45. The minimum absolute atomic E-state index is 0.295. The summed E-state index contributed by atoms with van der Waals surface area (Å²) in [6, 6.07) is 0. The first kappa shape index (κ1) is 37.7. The van der Waals surface area contributed by atoms with Crippen LogP contribution in [0.1, 0.15) is 20.8 Å². The lowest BCUT2D eigenvalue weighted by atomic mass is 10.0. The smallest absolute Gasteiger partial charge is 0.449 e. The van der Waals surface area contributed by atoms with Gasteiger partial charge < -0.3 is 19.3 Å². The molecule has 1 N–H and O–H groups in total. The summed E-state index contributed by atoms with van der Waals surface area (Å²) in [5.74, 6) is -6.55. The fourth-order valence-corrected chi connectivity index (χ4v) is 1.23. The summed E-state index contributed by atoms with van der Waals surface area (Å²) in [6.07, 6.45) is -17.5. The number of allylic oxidation sites excluding steroid dienone is 1. The predicted octanol–water partition coefficient (Wildman–Crippen LogP) is 3.94. The quantitative estimate of drug-likeness (QED) is 0.174. The lowest BCUT2D eigenvalue weighted by Gasteiger charge is -2.33. The molecule has 0 aliphatic rings. The van der Waals surface area contributed by atoms with E-state index in [4.69, 9.17) is 16.7 Å². The number of ether oxygens (including phenoxy) is 3. The van der Waals surface area contributed by atoms with E-state index < -0.39 is 58.5 Å². The fourth-order valence-electron chi connectivity index (χ4n) is 1.23. The zero-order valence-corrected chi connectivity index (χ0v) is 19.8. The zero-order chi connectivity index (χ0) is 30.1. The van der Waals surface area contributed by atoms with Crippen LogP contribution in [0.15, 0.2) is 24.3 Å². The van der Waals surface area contributed by atoms with Crippen molar-refractivity contribution in [1.29, 1.82) is 0 Å². The minimum atomic E-state index is -6.25. The minimum Gasteiger partial charge on any atom is -0.467 e. The highest BCUT2D eigenvalue weighted by atomic mass is 35.5. The third-order valence-corrected chi connectivity index (χ3v) is 3.66. The maximum absolute atomic E-state index is 12.6. The van der Waals surface area contributed by atoms with Gasteiger partial charge in [0.25, 0.3) is 5.60 Å². The molecule has 0 aliphatic carbocycles. The largest absolute Gasteiger partial charge is 0.467 e. The Bertz CT molecular complexity index is 817. The zero-order valence-electron chi connectivity index (χ0n) is 19.0. The summed E-state index contributed by atoms with van der Waals surface area (Å²) < 4.78 is 121. The molecule has 0 aromatic heterocycles. The van der Waals surface area contributed by atoms with Gasteiger partial charge in [0.15, 0.2) is 0 Å². The van der Waals surface area contributed by atoms with E-state index in [0.29, 0.717) is 19.6 Å². The van der Waals surface area contributed by atoms with Crippen molar-refractivity contribution in [3.63, 3.8) is 0 Å². The van der Waals surface area contributed by atoms with Gasteiger partial charge in [0.05, 0.1) is 14.2 Å². The van der Waals surface area contributed by atoms with Crippen LogP contribution in [0.25, 0.3) is 0 Å². The summed E-state index contributed by atoms with van der Waals surface area (Å²) in [7, 11) is 1.06. The van der Waals surface area contributed by atoms with Crippen LogP contribution in [0.5, 0.6) is 0 Å². The average Bonchev–Trinajstić information content (AvgIpc) is 2.68. The number of carbonyl (C=O) groups excluding carboxylic acids is 4. The molecular weight excluding hydrogens is 551 g/mol. The van der Waals surface area contributed by atoms with Gasteiger partial charge in [-0.3, -0.25) is 4.79 Å². The highest BCUT2D eigenvalue weighted by Crippen LogP contribution is 2.47. The van der Waals surface area contributed by atoms with Gasteiger partial charge in [0.1, 0.15) is 0 Å². The summed E-state index contributed by atoms with van der Waals surface area (Å²) in [5, 5.41) is 8.06. The van der Waals surface area contributed by atoms with Gasteiger partial charge in [-0.15, -0.1) is 0 Å². The number of methoxy groups -OCH3 is 2. The molecule has 0 amide bonds. The molecular formula is C18H20ClF9O8. The van der Waals surface area contributed by atoms with Crippen molar-refractivity contribution in [1.82, 2.24) is 0 Å². The van der Waals surface area contributed by atoms with Gasteiger partial charge in [0.2, 0.25) is 5.24 Å². The molecule has 0 rings (SSSR count). The van der Waals surface area contributed by atoms with Crippen LogP contribution in [0.4, 0.5) is 39.5 Å². The molecule has 0 saturated heterocycles. The summed E-state index contributed by atoms with van der Waals surface area (Å²) >= 11 is 4.87. The van der Waals surface area contributed by atoms with Crippen LogP contribution >= 0.6 is 11.6 Å². The van der Waals surface area contributed by atoms with E-state index in [1.165, 1.54) is 0 Å². The SMILES string of the molecule is C=C(C)C(=O)Cl.C=C(C)C(=O)OC(C(=O)OC)(C(F)(F)F)C(F)(F)F.COC(=O)C(C)(O)C(F)(F)F. The highest BCUT2D eigenvalue weighted by Gasteiger charge is 2.80. The summed E-state index contributed by atoms with van der Waals surface area (Å²) in [4.78, 5) is 42.0. The van der Waals surface area contributed by atoms with Gasteiger partial charge in [-0.05, 0) is 32.4 Å². The molecule has 0 aromatic rings. The number of rotatable bonds is 5. The van der Waals surface area contributed by atoms with E-state index in [1.54, 1.807) is 6.92 Å². The number of aliphatic hydroxyl groups is 1. The number of carbonyl (C=O) groups is 4. The maximum atomic E-state index is 12.6. The first-order chi connectivity index (χ1) is 15.7. The lowest BCUT2D eigenvalue weighted by Crippen LogP contribution is -2.65. The molecule has 0 aromatic carbocycles. The Morgan fingerprint density at radius 3 is 1.17 bits per heavy atom. The highest BCUT2D eigenvalue weighted by molar-refractivity contribution is 6.67. The van der Waals surface area contributed by atoms with Gasteiger partial charge in [-0.25, -0.2) is 14.4 Å². The predicted molar refractivity (Wildman–Crippen MR) is 102 cm³/mol. The first-order valence-corrected chi connectivity index (χ1v) is 8.90. The van der Waals surface area contributed by atoms with Crippen molar-refractivity contribution in [2.75, 3.05) is 14.2 Å². The fraction of sp³-hybridized carbons (Fsp3) is 0.556. The van der Waals surface area contributed by atoms with Gasteiger partial charge >= 0.3 is 42.0 Å². The number of hydrogen-bond acceptors (Lipinski definition) is 8. The number of alkyl halides is 9. The molecule has 1 unspecified atom stereocenters. The van der Waals surface area contributed by atoms with Crippen molar-refractivity contribution >= 4 is 34.8 Å². The average molecular weight is 571 g/mol. The van der Waals surface area contributed by atoms with Crippen LogP contribution in [0.3, 0.4) is 0 Å². The molecule has 0 spiro atoms.